The molecule has 1 aromatic rings. The lowest BCUT2D eigenvalue weighted by Crippen LogP contribution is -2.39. The summed E-state index contributed by atoms with van der Waals surface area (Å²) in [7, 11) is -4.41. The maximum absolute atomic E-state index is 13.6. The fourth-order valence-corrected chi connectivity index (χ4v) is 3.65. The van der Waals surface area contributed by atoms with Crippen LogP contribution in [-0.2, 0) is 10.0 Å². The number of halogens is 4. The highest BCUT2D eigenvalue weighted by Gasteiger charge is 2.32. The molecule has 0 bridgehead atoms. The van der Waals surface area contributed by atoms with E-state index in [1.54, 1.807) is 13.8 Å². The van der Waals surface area contributed by atoms with E-state index in [0.717, 1.165) is 4.31 Å². The van der Waals surface area contributed by atoms with Crippen LogP contribution in [0.1, 0.15) is 13.8 Å². The van der Waals surface area contributed by atoms with E-state index in [-0.39, 0.29) is 12.4 Å². The van der Waals surface area contributed by atoms with Gasteiger partial charge in [-0.25, -0.2) is 21.6 Å². The van der Waals surface area contributed by atoms with Crippen LogP contribution in [0.25, 0.3) is 0 Å². The Kier molecular flexibility index (Phi) is 5.23. The first kappa shape index (κ1) is 16.3. The zero-order valence-electron chi connectivity index (χ0n) is 10.3. The molecule has 0 N–H and O–H groups in total. The van der Waals surface area contributed by atoms with Gasteiger partial charge < -0.3 is 0 Å². The summed E-state index contributed by atoms with van der Waals surface area (Å²) in [6.45, 7) is 2.99. The lowest BCUT2D eigenvalue weighted by atomic mass is 10.3. The van der Waals surface area contributed by atoms with Crippen molar-refractivity contribution in [1.29, 1.82) is 0 Å². The van der Waals surface area contributed by atoms with Crippen molar-refractivity contribution in [3.05, 3.63) is 29.6 Å². The molecule has 0 amide bonds. The molecular weight excluding hydrogens is 303 g/mol. The Bertz CT molecular complexity index is 540. The van der Waals surface area contributed by atoms with Crippen LogP contribution in [-0.4, -0.2) is 31.2 Å². The number of rotatable bonds is 5. The molecule has 1 aromatic carbocycles. The summed E-state index contributed by atoms with van der Waals surface area (Å²) in [6.07, 6.45) is 0. The maximum Gasteiger partial charge on any atom is 0.249 e. The SMILES string of the molecule is CC(C)N(CCCl)S(=O)(=O)c1c(F)cc(F)cc1F. The second-order valence-corrected chi connectivity index (χ2v) is 6.30. The smallest absolute Gasteiger partial charge is 0.207 e. The molecular formula is C11H13ClF3NO2S. The van der Waals surface area contributed by atoms with Crippen LogP contribution in [0.2, 0.25) is 0 Å². The second-order valence-electron chi connectivity index (χ2n) is 4.10. The van der Waals surface area contributed by atoms with Crippen molar-refractivity contribution < 1.29 is 21.6 Å². The van der Waals surface area contributed by atoms with Gasteiger partial charge in [-0.15, -0.1) is 11.6 Å². The molecule has 0 radical (unpaired) electrons. The summed E-state index contributed by atoms with van der Waals surface area (Å²) in [4.78, 5) is -1.16. The third kappa shape index (κ3) is 3.40. The average molecular weight is 316 g/mol. The third-order valence-corrected chi connectivity index (χ3v) is 4.71. The normalized spacial score (nSPS) is 12.4. The van der Waals surface area contributed by atoms with Crippen molar-refractivity contribution in [2.45, 2.75) is 24.8 Å². The number of hydrogen-bond donors (Lipinski definition) is 0. The zero-order valence-corrected chi connectivity index (χ0v) is 11.9. The number of sulfonamides is 1. The van der Waals surface area contributed by atoms with Gasteiger partial charge in [0.25, 0.3) is 0 Å². The Morgan fingerprint density at radius 1 is 1.21 bits per heavy atom. The summed E-state index contributed by atoms with van der Waals surface area (Å²) in [5.41, 5.74) is 0. The topological polar surface area (TPSA) is 37.4 Å². The van der Waals surface area contributed by atoms with Gasteiger partial charge in [0.1, 0.15) is 17.5 Å². The molecule has 0 aliphatic rings. The molecule has 1 rings (SSSR count). The average Bonchev–Trinajstić information content (AvgIpc) is 2.22. The van der Waals surface area contributed by atoms with E-state index in [9.17, 15) is 21.6 Å². The molecule has 0 spiro atoms. The Labute approximate surface area is 115 Å². The standard InChI is InChI=1S/C11H13ClF3NO2S/c1-7(2)16(4-3-12)19(17,18)11-9(14)5-8(13)6-10(11)15/h5-7H,3-4H2,1-2H3. The van der Waals surface area contributed by atoms with Crippen LogP contribution >= 0.6 is 11.6 Å². The minimum Gasteiger partial charge on any atom is -0.207 e. The first-order valence-electron chi connectivity index (χ1n) is 5.44. The molecule has 0 fully saturated rings. The Hall–Kier alpha value is -0.790. The molecule has 8 heteroatoms. The molecule has 0 unspecified atom stereocenters. The van der Waals surface area contributed by atoms with Gasteiger partial charge >= 0.3 is 0 Å². The van der Waals surface area contributed by atoms with Crippen LogP contribution in [0, 0.1) is 17.5 Å². The van der Waals surface area contributed by atoms with Crippen LogP contribution in [0.15, 0.2) is 17.0 Å². The second kappa shape index (κ2) is 6.11. The molecule has 0 heterocycles. The molecule has 0 atom stereocenters. The van der Waals surface area contributed by atoms with E-state index in [2.05, 4.69) is 0 Å². The monoisotopic (exact) mass is 315 g/mol. The van der Waals surface area contributed by atoms with Gasteiger partial charge in [0, 0.05) is 30.6 Å². The van der Waals surface area contributed by atoms with Gasteiger partial charge in [-0.3, -0.25) is 0 Å². The van der Waals surface area contributed by atoms with E-state index in [4.69, 9.17) is 11.6 Å². The molecule has 0 saturated carbocycles. The summed E-state index contributed by atoms with van der Waals surface area (Å²) >= 11 is 5.49. The van der Waals surface area contributed by atoms with Gasteiger partial charge in [0.2, 0.25) is 10.0 Å². The van der Waals surface area contributed by atoms with Gasteiger partial charge in [-0.1, -0.05) is 0 Å². The fraction of sp³-hybridized carbons (Fsp3) is 0.455. The summed E-state index contributed by atoms with van der Waals surface area (Å²) in [5.74, 6) is -4.13. The predicted molar refractivity (Wildman–Crippen MR) is 66.1 cm³/mol. The van der Waals surface area contributed by atoms with E-state index in [1.165, 1.54) is 0 Å². The largest absolute Gasteiger partial charge is 0.249 e. The molecule has 19 heavy (non-hydrogen) atoms. The first-order valence-corrected chi connectivity index (χ1v) is 7.41. The molecule has 0 aromatic heterocycles. The van der Waals surface area contributed by atoms with E-state index < -0.39 is 38.4 Å². The van der Waals surface area contributed by atoms with Gasteiger partial charge in [0.15, 0.2) is 4.90 Å². The summed E-state index contributed by atoms with van der Waals surface area (Å²) in [6, 6.07) is 0.122. The fourth-order valence-electron chi connectivity index (χ4n) is 1.63. The van der Waals surface area contributed by atoms with E-state index >= 15 is 0 Å². The van der Waals surface area contributed by atoms with Crippen LogP contribution < -0.4 is 0 Å². The number of alkyl halides is 1. The third-order valence-electron chi connectivity index (χ3n) is 2.41. The molecule has 0 aliphatic heterocycles. The Morgan fingerprint density at radius 2 is 1.68 bits per heavy atom. The van der Waals surface area contributed by atoms with Crippen LogP contribution in [0.3, 0.4) is 0 Å². The zero-order chi connectivity index (χ0) is 14.8. The highest BCUT2D eigenvalue weighted by molar-refractivity contribution is 7.89. The minimum absolute atomic E-state index is 0.0259. The minimum atomic E-state index is -4.41. The van der Waals surface area contributed by atoms with Gasteiger partial charge in [0.05, 0.1) is 0 Å². The number of hydrogen-bond acceptors (Lipinski definition) is 2. The van der Waals surface area contributed by atoms with Crippen molar-refractivity contribution in [2.75, 3.05) is 12.4 Å². The predicted octanol–water partition coefficient (Wildman–Crippen LogP) is 2.74. The lowest BCUT2D eigenvalue weighted by Gasteiger charge is -2.25. The molecule has 0 aliphatic carbocycles. The van der Waals surface area contributed by atoms with Crippen molar-refractivity contribution in [1.82, 2.24) is 4.31 Å². The van der Waals surface area contributed by atoms with E-state index in [1.807, 2.05) is 0 Å². The molecule has 0 saturated heterocycles. The first-order chi connectivity index (χ1) is 8.71. The number of benzene rings is 1. The van der Waals surface area contributed by atoms with Crippen molar-refractivity contribution in [2.24, 2.45) is 0 Å². The Morgan fingerprint density at radius 3 is 2.05 bits per heavy atom. The molecule has 3 nitrogen and oxygen atoms in total. The maximum atomic E-state index is 13.6. The van der Waals surface area contributed by atoms with E-state index in [0.29, 0.717) is 12.1 Å². The summed E-state index contributed by atoms with van der Waals surface area (Å²) < 4.78 is 65.1. The van der Waals surface area contributed by atoms with Gasteiger partial charge in [-0.05, 0) is 13.8 Å². The quantitative estimate of drug-likeness (QED) is 0.784. The highest BCUT2D eigenvalue weighted by Crippen LogP contribution is 2.25. The van der Waals surface area contributed by atoms with Crippen molar-refractivity contribution in [3.8, 4) is 0 Å². The summed E-state index contributed by atoms with van der Waals surface area (Å²) in [5, 5.41) is 0. The van der Waals surface area contributed by atoms with Crippen molar-refractivity contribution in [3.63, 3.8) is 0 Å². The van der Waals surface area contributed by atoms with Gasteiger partial charge in [-0.2, -0.15) is 4.31 Å². The molecule has 108 valence electrons. The Balaban J connectivity index is 3.42. The highest BCUT2D eigenvalue weighted by atomic mass is 35.5. The van der Waals surface area contributed by atoms with Crippen molar-refractivity contribution >= 4 is 21.6 Å². The van der Waals surface area contributed by atoms with Crippen LogP contribution in [0.4, 0.5) is 13.2 Å². The lowest BCUT2D eigenvalue weighted by molar-refractivity contribution is 0.364. The van der Waals surface area contributed by atoms with Crippen LogP contribution in [0.5, 0.6) is 0 Å². The number of nitrogens with zero attached hydrogens (tertiary/aromatic N) is 1.